The second-order valence-corrected chi connectivity index (χ2v) is 7.35. The van der Waals surface area contributed by atoms with Crippen molar-refractivity contribution < 1.29 is 13.2 Å². The van der Waals surface area contributed by atoms with E-state index in [1.165, 1.54) is 5.56 Å². The van der Waals surface area contributed by atoms with Gasteiger partial charge >= 0.3 is 6.18 Å². The summed E-state index contributed by atoms with van der Waals surface area (Å²) >= 11 is 1.02. The third-order valence-electron chi connectivity index (χ3n) is 4.05. The van der Waals surface area contributed by atoms with E-state index in [9.17, 15) is 13.2 Å². The van der Waals surface area contributed by atoms with Crippen molar-refractivity contribution in [3.63, 3.8) is 0 Å². The molecule has 1 aromatic carbocycles. The first-order valence-electron chi connectivity index (χ1n) is 9.06. The van der Waals surface area contributed by atoms with Gasteiger partial charge in [-0.1, -0.05) is 30.3 Å². The van der Waals surface area contributed by atoms with Gasteiger partial charge in [0, 0.05) is 24.9 Å². The fourth-order valence-electron chi connectivity index (χ4n) is 2.61. The molecule has 0 bridgehead atoms. The molecular formula is C19H27F3IN5S. The van der Waals surface area contributed by atoms with Crippen molar-refractivity contribution in [2.75, 3.05) is 33.7 Å². The molecule has 0 saturated carbocycles. The fourth-order valence-corrected chi connectivity index (χ4v) is 3.41. The zero-order valence-corrected chi connectivity index (χ0v) is 19.8. The van der Waals surface area contributed by atoms with E-state index in [0.29, 0.717) is 37.0 Å². The molecule has 0 aliphatic carbocycles. The number of benzene rings is 1. The number of nitrogens with one attached hydrogen (secondary N) is 2. The predicted molar refractivity (Wildman–Crippen MR) is 123 cm³/mol. The number of nitrogens with zero attached hydrogens (tertiary/aromatic N) is 3. The zero-order chi connectivity index (χ0) is 20.6. The number of aromatic nitrogens is 1. The number of rotatable bonds is 8. The Labute approximate surface area is 190 Å². The van der Waals surface area contributed by atoms with Gasteiger partial charge in [-0.3, -0.25) is 4.99 Å². The molecule has 2 rings (SSSR count). The van der Waals surface area contributed by atoms with E-state index in [4.69, 9.17) is 0 Å². The standard InChI is InChI=1S/C19H26F3N5S.HI/c1-4-23-18(24-11-10-17-26-16(13-28-17)19(20,21)22)25-12-15(27(2)3)14-8-6-5-7-9-14;/h5-9,13,15H,4,10-12H2,1-3H3,(H2,23,24,25);1H. The lowest BCUT2D eigenvalue weighted by molar-refractivity contribution is -0.140. The number of alkyl halides is 3. The lowest BCUT2D eigenvalue weighted by Gasteiger charge is -2.23. The highest BCUT2D eigenvalue weighted by Crippen LogP contribution is 2.30. The van der Waals surface area contributed by atoms with E-state index in [0.717, 1.165) is 16.7 Å². The molecule has 0 spiro atoms. The molecule has 0 radical (unpaired) electrons. The fraction of sp³-hybridized carbons (Fsp3) is 0.474. The summed E-state index contributed by atoms with van der Waals surface area (Å²) in [5.41, 5.74) is 0.347. The molecule has 0 aliphatic heterocycles. The number of likely N-dealkylation sites (N-methyl/N-ethyl adjacent to an activating group) is 1. The molecule has 0 aliphatic rings. The van der Waals surface area contributed by atoms with Crippen LogP contribution in [0.25, 0.3) is 0 Å². The monoisotopic (exact) mass is 541 g/mol. The van der Waals surface area contributed by atoms with Gasteiger partial charge in [-0.2, -0.15) is 13.2 Å². The summed E-state index contributed by atoms with van der Waals surface area (Å²) < 4.78 is 37.9. The van der Waals surface area contributed by atoms with Crippen LogP contribution in [0.3, 0.4) is 0 Å². The molecule has 0 saturated heterocycles. The number of aliphatic imine (C=N–C) groups is 1. The molecule has 5 nitrogen and oxygen atoms in total. The Kier molecular flexibility index (Phi) is 10.9. The second kappa shape index (κ2) is 12.3. The van der Waals surface area contributed by atoms with Crippen molar-refractivity contribution in [1.29, 1.82) is 0 Å². The van der Waals surface area contributed by atoms with E-state index >= 15 is 0 Å². The van der Waals surface area contributed by atoms with Crippen LogP contribution in [-0.4, -0.2) is 49.6 Å². The minimum Gasteiger partial charge on any atom is -0.357 e. The average Bonchev–Trinajstić information content (AvgIpc) is 3.12. The van der Waals surface area contributed by atoms with Crippen LogP contribution in [0.2, 0.25) is 0 Å². The zero-order valence-electron chi connectivity index (χ0n) is 16.7. The van der Waals surface area contributed by atoms with Crippen LogP contribution in [0.15, 0.2) is 40.7 Å². The Bertz CT molecular complexity index is 750. The molecule has 10 heteroatoms. The number of hydrogen-bond donors (Lipinski definition) is 2. The van der Waals surface area contributed by atoms with Crippen LogP contribution in [0.1, 0.15) is 29.2 Å². The summed E-state index contributed by atoms with van der Waals surface area (Å²) in [5.74, 6) is 0.637. The molecule has 1 unspecified atom stereocenters. The van der Waals surface area contributed by atoms with E-state index in [2.05, 4.69) is 37.6 Å². The van der Waals surface area contributed by atoms with Gasteiger partial charge in [0.15, 0.2) is 11.7 Å². The molecular weight excluding hydrogens is 514 g/mol. The van der Waals surface area contributed by atoms with Gasteiger partial charge in [-0.25, -0.2) is 4.98 Å². The summed E-state index contributed by atoms with van der Waals surface area (Å²) in [5, 5.41) is 7.84. The Hall–Kier alpha value is -1.40. The van der Waals surface area contributed by atoms with Crippen molar-refractivity contribution in [2.24, 2.45) is 4.99 Å². The van der Waals surface area contributed by atoms with Crippen molar-refractivity contribution >= 4 is 41.3 Å². The first-order chi connectivity index (χ1) is 13.3. The van der Waals surface area contributed by atoms with Crippen LogP contribution >= 0.6 is 35.3 Å². The van der Waals surface area contributed by atoms with E-state index in [-0.39, 0.29) is 30.0 Å². The van der Waals surface area contributed by atoms with E-state index in [1.54, 1.807) is 0 Å². The Morgan fingerprint density at radius 3 is 2.45 bits per heavy atom. The number of halogens is 4. The largest absolute Gasteiger partial charge is 0.434 e. The molecule has 0 fully saturated rings. The number of thiazole rings is 1. The third kappa shape index (κ3) is 8.47. The van der Waals surface area contributed by atoms with E-state index < -0.39 is 11.9 Å². The summed E-state index contributed by atoms with van der Waals surface area (Å²) in [4.78, 5) is 10.4. The lowest BCUT2D eigenvalue weighted by Crippen LogP contribution is -2.39. The maximum absolute atomic E-state index is 12.6. The molecule has 0 amide bonds. The van der Waals surface area contributed by atoms with Gasteiger partial charge in [-0.15, -0.1) is 35.3 Å². The summed E-state index contributed by atoms with van der Waals surface area (Å²) in [6, 6.07) is 10.3. The summed E-state index contributed by atoms with van der Waals surface area (Å²) in [6.07, 6.45) is -3.99. The van der Waals surface area contributed by atoms with Gasteiger partial charge in [-0.05, 0) is 26.6 Å². The number of guanidine groups is 1. The molecule has 1 aromatic heterocycles. The maximum atomic E-state index is 12.6. The minimum atomic E-state index is -4.39. The van der Waals surface area contributed by atoms with Crippen molar-refractivity contribution in [1.82, 2.24) is 20.5 Å². The van der Waals surface area contributed by atoms with E-state index in [1.807, 2.05) is 39.2 Å². The highest BCUT2D eigenvalue weighted by molar-refractivity contribution is 14.0. The SMILES string of the molecule is CCNC(=NCC(c1ccccc1)N(C)C)NCCc1nc(C(F)(F)F)cs1.I. The van der Waals surface area contributed by atoms with Crippen LogP contribution in [0.5, 0.6) is 0 Å². The highest BCUT2D eigenvalue weighted by atomic mass is 127. The van der Waals surface area contributed by atoms with Crippen LogP contribution in [-0.2, 0) is 12.6 Å². The van der Waals surface area contributed by atoms with Gasteiger partial charge in [0.1, 0.15) is 0 Å². The predicted octanol–water partition coefficient (Wildman–Crippen LogP) is 4.18. The van der Waals surface area contributed by atoms with Crippen molar-refractivity contribution in [3.8, 4) is 0 Å². The first-order valence-corrected chi connectivity index (χ1v) is 9.94. The van der Waals surface area contributed by atoms with Gasteiger partial charge in [0.25, 0.3) is 0 Å². The average molecular weight is 541 g/mol. The van der Waals surface area contributed by atoms with Crippen molar-refractivity contribution in [3.05, 3.63) is 52.0 Å². The summed E-state index contributed by atoms with van der Waals surface area (Å²) in [6.45, 7) is 3.67. The molecule has 1 atom stereocenters. The molecule has 2 aromatic rings. The van der Waals surface area contributed by atoms with Gasteiger partial charge in [0.2, 0.25) is 0 Å². The van der Waals surface area contributed by atoms with Gasteiger partial charge < -0.3 is 15.5 Å². The maximum Gasteiger partial charge on any atom is 0.434 e. The second-order valence-electron chi connectivity index (χ2n) is 6.41. The molecule has 162 valence electrons. The van der Waals surface area contributed by atoms with Crippen LogP contribution in [0.4, 0.5) is 13.2 Å². The van der Waals surface area contributed by atoms with Crippen LogP contribution in [0, 0.1) is 0 Å². The quantitative estimate of drug-likeness (QED) is 0.299. The highest BCUT2D eigenvalue weighted by Gasteiger charge is 2.33. The molecule has 1 heterocycles. The minimum absolute atomic E-state index is 0. The van der Waals surface area contributed by atoms with Crippen LogP contribution < -0.4 is 10.6 Å². The van der Waals surface area contributed by atoms with Gasteiger partial charge in [0.05, 0.1) is 17.6 Å². The first kappa shape index (κ1) is 25.6. The normalized spacial score (nSPS) is 13.1. The van der Waals surface area contributed by atoms with Crippen molar-refractivity contribution in [2.45, 2.75) is 25.6 Å². The Morgan fingerprint density at radius 1 is 1.21 bits per heavy atom. The summed E-state index contributed by atoms with van der Waals surface area (Å²) in [7, 11) is 4.02. The smallest absolute Gasteiger partial charge is 0.357 e. The molecule has 29 heavy (non-hydrogen) atoms. The molecule has 2 N–H and O–H groups in total. The Balaban J connectivity index is 0.00000420. The number of hydrogen-bond acceptors (Lipinski definition) is 4. The Morgan fingerprint density at radius 2 is 1.90 bits per heavy atom. The third-order valence-corrected chi connectivity index (χ3v) is 4.96. The lowest BCUT2D eigenvalue weighted by atomic mass is 10.1. The topological polar surface area (TPSA) is 52.6 Å².